The Labute approximate surface area is 84.1 Å². The van der Waals surface area contributed by atoms with Crippen molar-refractivity contribution in [3.63, 3.8) is 0 Å². The number of carboxylic acid groups (broad SMARTS) is 1. The van der Waals surface area contributed by atoms with Gasteiger partial charge in [0, 0.05) is 0 Å². The third-order valence-electron chi connectivity index (χ3n) is 4.27. The summed E-state index contributed by atoms with van der Waals surface area (Å²) >= 11 is 0. The van der Waals surface area contributed by atoms with Gasteiger partial charge in [-0.2, -0.15) is 0 Å². The minimum atomic E-state index is -0.790. The molecule has 2 fully saturated rings. The van der Waals surface area contributed by atoms with E-state index in [1.807, 2.05) is 0 Å². The summed E-state index contributed by atoms with van der Waals surface area (Å²) < 4.78 is 0. The molecule has 80 valence electrons. The van der Waals surface area contributed by atoms with Gasteiger partial charge in [0.15, 0.2) is 0 Å². The number of aliphatic carboxylic acids is 1. The molecule has 0 aromatic heterocycles. The summed E-state index contributed by atoms with van der Waals surface area (Å²) in [4.78, 5) is 11.1. The summed E-state index contributed by atoms with van der Waals surface area (Å²) in [5.41, 5.74) is -0.832. The van der Waals surface area contributed by atoms with E-state index in [0.29, 0.717) is 6.42 Å². The Hall–Kier alpha value is -0.570. The highest BCUT2D eigenvalue weighted by Gasteiger charge is 2.70. The minimum Gasteiger partial charge on any atom is -0.481 e. The van der Waals surface area contributed by atoms with E-state index in [2.05, 4.69) is 0 Å². The van der Waals surface area contributed by atoms with Crippen LogP contribution >= 0.6 is 0 Å². The predicted octanol–water partition coefficient (Wildman–Crippen LogP) is 1.79. The van der Waals surface area contributed by atoms with Crippen molar-refractivity contribution in [2.45, 2.75) is 44.9 Å². The van der Waals surface area contributed by atoms with E-state index < -0.39 is 11.4 Å². The summed E-state index contributed by atoms with van der Waals surface area (Å²) in [6, 6.07) is 0. The lowest BCUT2D eigenvalue weighted by atomic mass is 9.86. The van der Waals surface area contributed by atoms with E-state index in [-0.39, 0.29) is 12.0 Å². The van der Waals surface area contributed by atoms with Crippen LogP contribution in [0.3, 0.4) is 0 Å². The summed E-state index contributed by atoms with van der Waals surface area (Å²) in [7, 11) is 0. The molecule has 0 radical (unpaired) electrons. The minimum absolute atomic E-state index is 0.0515. The summed E-state index contributed by atoms with van der Waals surface area (Å²) in [6.07, 6.45) is 7.42. The Morgan fingerprint density at radius 2 is 1.71 bits per heavy atom. The standard InChI is InChI=1S/C11H18O3/c12-8-11(9(13)14)7-10(11)5-3-1-2-4-6-10/h12H,1-8H2,(H,13,14). The molecular formula is C11H18O3. The van der Waals surface area contributed by atoms with Crippen LogP contribution in [-0.2, 0) is 4.79 Å². The largest absolute Gasteiger partial charge is 0.481 e. The van der Waals surface area contributed by atoms with Gasteiger partial charge in [0.25, 0.3) is 0 Å². The van der Waals surface area contributed by atoms with Gasteiger partial charge in [-0.3, -0.25) is 4.79 Å². The maximum absolute atomic E-state index is 11.1. The maximum Gasteiger partial charge on any atom is 0.312 e. The maximum atomic E-state index is 11.1. The summed E-state index contributed by atoms with van der Waals surface area (Å²) in [5.74, 6) is -0.790. The molecule has 3 heteroatoms. The van der Waals surface area contributed by atoms with Gasteiger partial charge in [0.2, 0.25) is 0 Å². The zero-order valence-corrected chi connectivity index (χ0v) is 8.46. The van der Waals surface area contributed by atoms with Crippen molar-refractivity contribution in [2.75, 3.05) is 6.61 Å². The predicted molar refractivity (Wildman–Crippen MR) is 51.9 cm³/mol. The van der Waals surface area contributed by atoms with E-state index in [9.17, 15) is 9.90 Å². The first kappa shape index (κ1) is 9.97. The first-order chi connectivity index (χ1) is 6.67. The molecule has 0 bridgehead atoms. The van der Waals surface area contributed by atoms with E-state index >= 15 is 0 Å². The molecule has 2 aliphatic carbocycles. The van der Waals surface area contributed by atoms with Gasteiger partial charge in [0.05, 0.1) is 12.0 Å². The van der Waals surface area contributed by atoms with E-state index in [4.69, 9.17) is 5.11 Å². The van der Waals surface area contributed by atoms with Crippen molar-refractivity contribution in [3.8, 4) is 0 Å². The third-order valence-corrected chi connectivity index (χ3v) is 4.27. The van der Waals surface area contributed by atoms with Crippen LogP contribution in [0.15, 0.2) is 0 Å². The van der Waals surface area contributed by atoms with Crippen LogP contribution < -0.4 is 0 Å². The second-order valence-electron chi connectivity index (χ2n) is 4.92. The van der Waals surface area contributed by atoms with Crippen LogP contribution in [0.2, 0.25) is 0 Å². The lowest BCUT2D eigenvalue weighted by Gasteiger charge is -2.19. The Bertz CT molecular complexity index is 241. The number of carbonyl (C=O) groups is 1. The normalized spacial score (nSPS) is 35.2. The molecule has 2 aliphatic rings. The van der Waals surface area contributed by atoms with Gasteiger partial charge in [0.1, 0.15) is 0 Å². The van der Waals surface area contributed by atoms with Gasteiger partial charge in [-0.25, -0.2) is 0 Å². The van der Waals surface area contributed by atoms with Crippen LogP contribution in [0.5, 0.6) is 0 Å². The molecule has 2 rings (SSSR count). The van der Waals surface area contributed by atoms with E-state index in [0.717, 1.165) is 25.7 Å². The topological polar surface area (TPSA) is 57.5 Å². The van der Waals surface area contributed by atoms with Crippen LogP contribution in [0, 0.1) is 10.8 Å². The Balaban J connectivity index is 2.15. The first-order valence-electron chi connectivity index (χ1n) is 5.51. The highest BCUT2D eigenvalue weighted by Crippen LogP contribution is 2.69. The van der Waals surface area contributed by atoms with Crippen molar-refractivity contribution in [2.24, 2.45) is 10.8 Å². The fourth-order valence-corrected chi connectivity index (χ4v) is 3.19. The fraction of sp³-hybridized carbons (Fsp3) is 0.909. The molecule has 0 amide bonds. The molecule has 1 unspecified atom stereocenters. The molecule has 14 heavy (non-hydrogen) atoms. The molecule has 0 saturated heterocycles. The number of hydrogen-bond acceptors (Lipinski definition) is 2. The van der Waals surface area contributed by atoms with Gasteiger partial charge in [-0.15, -0.1) is 0 Å². The molecular weight excluding hydrogens is 180 g/mol. The quantitative estimate of drug-likeness (QED) is 0.711. The Morgan fingerprint density at radius 3 is 2.07 bits per heavy atom. The average Bonchev–Trinajstić information content (AvgIpc) is 2.87. The number of rotatable bonds is 2. The second kappa shape index (κ2) is 3.23. The van der Waals surface area contributed by atoms with E-state index in [1.54, 1.807) is 0 Å². The molecule has 2 N–H and O–H groups in total. The number of hydrogen-bond donors (Lipinski definition) is 2. The van der Waals surface area contributed by atoms with Crippen molar-refractivity contribution in [1.29, 1.82) is 0 Å². The SMILES string of the molecule is O=C(O)C1(CO)CC12CCCCCC2. The molecule has 1 spiro atoms. The zero-order valence-electron chi connectivity index (χ0n) is 8.46. The molecule has 0 aromatic rings. The second-order valence-corrected chi connectivity index (χ2v) is 4.92. The molecule has 0 aromatic carbocycles. The first-order valence-corrected chi connectivity index (χ1v) is 5.51. The van der Waals surface area contributed by atoms with Crippen molar-refractivity contribution in [3.05, 3.63) is 0 Å². The third kappa shape index (κ3) is 1.18. The smallest absolute Gasteiger partial charge is 0.312 e. The molecule has 1 atom stereocenters. The lowest BCUT2D eigenvalue weighted by molar-refractivity contribution is -0.147. The van der Waals surface area contributed by atoms with Crippen molar-refractivity contribution >= 4 is 5.97 Å². The van der Waals surface area contributed by atoms with Crippen LogP contribution in [0.1, 0.15) is 44.9 Å². The van der Waals surface area contributed by atoms with Gasteiger partial charge < -0.3 is 10.2 Å². The van der Waals surface area contributed by atoms with Gasteiger partial charge in [-0.1, -0.05) is 25.7 Å². The highest BCUT2D eigenvalue weighted by molar-refractivity contribution is 5.80. The van der Waals surface area contributed by atoms with Crippen LogP contribution in [0.25, 0.3) is 0 Å². The molecule has 2 saturated carbocycles. The molecule has 0 heterocycles. The van der Waals surface area contributed by atoms with Crippen molar-refractivity contribution < 1.29 is 15.0 Å². The van der Waals surface area contributed by atoms with Gasteiger partial charge in [-0.05, 0) is 24.7 Å². The van der Waals surface area contributed by atoms with Crippen LogP contribution in [0.4, 0.5) is 0 Å². The molecule has 0 aliphatic heterocycles. The highest BCUT2D eigenvalue weighted by atomic mass is 16.4. The summed E-state index contributed by atoms with van der Waals surface area (Å²) in [5, 5.41) is 18.4. The number of aliphatic hydroxyl groups excluding tert-OH is 1. The molecule has 3 nitrogen and oxygen atoms in total. The van der Waals surface area contributed by atoms with Crippen molar-refractivity contribution in [1.82, 2.24) is 0 Å². The zero-order chi connectivity index (χ0) is 10.2. The fourth-order valence-electron chi connectivity index (χ4n) is 3.19. The monoisotopic (exact) mass is 198 g/mol. The summed E-state index contributed by atoms with van der Waals surface area (Å²) in [6.45, 7) is -0.178. The Morgan fingerprint density at radius 1 is 1.14 bits per heavy atom. The van der Waals surface area contributed by atoms with E-state index in [1.165, 1.54) is 12.8 Å². The number of carboxylic acids is 1. The Kier molecular flexibility index (Phi) is 2.30. The van der Waals surface area contributed by atoms with Crippen LogP contribution in [-0.4, -0.2) is 22.8 Å². The lowest BCUT2D eigenvalue weighted by Crippen LogP contribution is -2.27. The average molecular weight is 198 g/mol. The number of aliphatic hydroxyl groups is 1. The van der Waals surface area contributed by atoms with Gasteiger partial charge >= 0.3 is 5.97 Å².